The average molecular weight is 408 g/mol. The van der Waals surface area contributed by atoms with Gasteiger partial charge in [0.15, 0.2) is 0 Å². The molecular weight excluding hydrogens is 396 g/mol. The fraction of sp³-hybridized carbons (Fsp3) is 0. The van der Waals surface area contributed by atoms with E-state index >= 15 is 0 Å². The Hall–Kier alpha value is -4.60. The van der Waals surface area contributed by atoms with Gasteiger partial charge in [-0.05, 0) is 36.4 Å². The molecule has 0 bridgehead atoms. The first-order valence-corrected chi connectivity index (χ1v) is 8.22. The summed E-state index contributed by atoms with van der Waals surface area (Å²) >= 11 is 0. The van der Waals surface area contributed by atoms with Gasteiger partial charge in [-0.2, -0.15) is 0 Å². The molecule has 0 saturated carbocycles. The number of rotatable bonds is 6. The molecule has 2 aromatic carbocycles. The molecule has 3 aromatic rings. The van der Waals surface area contributed by atoms with E-state index in [-0.39, 0.29) is 44.8 Å². The third-order valence-electron chi connectivity index (χ3n) is 4.08. The lowest BCUT2D eigenvalue weighted by Crippen LogP contribution is -2.04. The number of carbonyl (C=O) groups is 4. The van der Waals surface area contributed by atoms with Gasteiger partial charge in [0.1, 0.15) is 0 Å². The summed E-state index contributed by atoms with van der Waals surface area (Å²) in [5.41, 5.74) is -0.497. The smallest absolute Gasteiger partial charge is 0.335 e. The molecule has 10 nitrogen and oxygen atoms in total. The second-order valence-corrected chi connectivity index (χ2v) is 6.11. The number of nitrogens with zero attached hydrogens (tertiary/aromatic N) is 2. The third-order valence-corrected chi connectivity index (χ3v) is 4.08. The highest BCUT2D eigenvalue weighted by Gasteiger charge is 2.16. The number of aromatic carboxylic acids is 4. The van der Waals surface area contributed by atoms with Gasteiger partial charge >= 0.3 is 23.9 Å². The quantitative estimate of drug-likeness (QED) is 0.474. The Balaban J connectivity index is 2.17. The first-order chi connectivity index (χ1) is 14.2. The van der Waals surface area contributed by atoms with Gasteiger partial charge in [-0.25, -0.2) is 24.2 Å². The molecule has 150 valence electrons. The Labute approximate surface area is 167 Å². The van der Waals surface area contributed by atoms with E-state index in [4.69, 9.17) is 0 Å². The van der Waals surface area contributed by atoms with Crippen molar-refractivity contribution in [2.75, 3.05) is 0 Å². The lowest BCUT2D eigenvalue weighted by molar-refractivity contribution is 0.0676. The molecule has 0 atom stereocenters. The summed E-state index contributed by atoms with van der Waals surface area (Å²) in [4.78, 5) is 53.5. The molecular formula is C20H12N2O8. The monoisotopic (exact) mass is 408 g/mol. The summed E-state index contributed by atoms with van der Waals surface area (Å²) in [5, 5.41) is 36.9. The van der Waals surface area contributed by atoms with Crippen LogP contribution in [0.15, 0.2) is 48.8 Å². The third kappa shape index (κ3) is 4.12. The molecule has 0 fully saturated rings. The van der Waals surface area contributed by atoms with E-state index < -0.39 is 23.9 Å². The molecule has 4 N–H and O–H groups in total. The maximum Gasteiger partial charge on any atom is 0.335 e. The van der Waals surface area contributed by atoms with Crippen LogP contribution >= 0.6 is 0 Å². The molecule has 1 heterocycles. The Morgan fingerprint density at radius 2 is 0.833 bits per heavy atom. The van der Waals surface area contributed by atoms with Crippen LogP contribution in [0.4, 0.5) is 0 Å². The first-order valence-electron chi connectivity index (χ1n) is 8.22. The van der Waals surface area contributed by atoms with E-state index in [1.165, 1.54) is 36.7 Å². The maximum absolute atomic E-state index is 11.3. The summed E-state index contributed by atoms with van der Waals surface area (Å²) in [7, 11) is 0. The minimum absolute atomic E-state index is 0.121. The van der Waals surface area contributed by atoms with Crippen molar-refractivity contribution in [2.45, 2.75) is 0 Å². The van der Waals surface area contributed by atoms with E-state index in [1.807, 2.05) is 0 Å². The molecule has 0 aliphatic heterocycles. The van der Waals surface area contributed by atoms with Gasteiger partial charge in [0.2, 0.25) is 0 Å². The largest absolute Gasteiger partial charge is 0.478 e. The maximum atomic E-state index is 11.3. The fourth-order valence-corrected chi connectivity index (χ4v) is 2.69. The first kappa shape index (κ1) is 20.1. The summed E-state index contributed by atoms with van der Waals surface area (Å²) in [6.45, 7) is 0. The molecule has 0 aliphatic carbocycles. The predicted molar refractivity (Wildman–Crippen MR) is 101 cm³/mol. The van der Waals surface area contributed by atoms with E-state index in [0.717, 1.165) is 12.1 Å². The van der Waals surface area contributed by atoms with Crippen LogP contribution in [0.3, 0.4) is 0 Å². The summed E-state index contributed by atoms with van der Waals surface area (Å²) in [5.74, 6) is -5.32. The van der Waals surface area contributed by atoms with Crippen LogP contribution in [0, 0.1) is 0 Å². The molecule has 0 amide bonds. The Bertz CT molecular complexity index is 1060. The van der Waals surface area contributed by atoms with Crippen molar-refractivity contribution < 1.29 is 39.6 Å². The van der Waals surface area contributed by atoms with Crippen LogP contribution in [0.25, 0.3) is 22.5 Å². The molecule has 0 spiro atoms. The van der Waals surface area contributed by atoms with Crippen LogP contribution in [0.2, 0.25) is 0 Å². The molecule has 0 radical (unpaired) electrons. The SMILES string of the molecule is O=C(O)c1cc(C(=O)O)cc(-c2cncc(-c3cc(C(=O)O)cc(C(=O)O)c3)n2)c1. The summed E-state index contributed by atoms with van der Waals surface area (Å²) < 4.78 is 0. The zero-order chi connectivity index (χ0) is 22.0. The van der Waals surface area contributed by atoms with Crippen molar-refractivity contribution in [1.82, 2.24) is 9.97 Å². The number of benzene rings is 2. The lowest BCUT2D eigenvalue weighted by atomic mass is 10.0. The zero-order valence-electron chi connectivity index (χ0n) is 14.9. The standard InChI is InChI=1S/C20H12N2O8/c23-17(24)11-1-9(2-12(5-11)18(25)26)15-7-21-8-16(22-15)10-3-13(19(27)28)6-14(4-10)20(29)30/h1-8H,(H,23,24)(H,25,26)(H,27,28)(H,29,30). The van der Waals surface area contributed by atoms with Gasteiger partial charge < -0.3 is 20.4 Å². The number of hydrogen-bond acceptors (Lipinski definition) is 6. The van der Waals surface area contributed by atoms with Crippen LogP contribution in [0.5, 0.6) is 0 Å². The highest BCUT2D eigenvalue weighted by molar-refractivity contribution is 5.97. The van der Waals surface area contributed by atoms with Crippen molar-refractivity contribution in [1.29, 1.82) is 0 Å². The van der Waals surface area contributed by atoms with Crippen molar-refractivity contribution in [3.63, 3.8) is 0 Å². The van der Waals surface area contributed by atoms with Crippen molar-refractivity contribution >= 4 is 23.9 Å². The molecule has 3 rings (SSSR count). The minimum atomic E-state index is -1.33. The van der Waals surface area contributed by atoms with Gasteiger partial charge in [0.05, 0.1) is 46.0 Å². The Morgan fingerprint density at radius 3 is 1.10 bits per heavy atom. The van der Waals surface area contributed by atoms with Crippen molar-refractivity contribution in [3.8, 4) is 22.5 Å². The Kier molecular flexibility index (Phi) is 5.23. The van der Waals surface area contributed by atoms with Crippen molar-refractivity contribution in [3.05, 3.63) is 71.0 Å². The van der Waals surface area contributed by atoms with Gasteiger partial charge in [-0.3, -0.25) is 4.98 Å². The van der Waals surface area contributed by atoms with Crippen LogP contribution in [-0.2, 0) is 0 Å². The number of aromatic nitrogens is 2. The normalized spacial score (nSPS) is 10.4. The molecule has 0 saturated heterocycles. The molecule has 0 unspecified atom stereocenters. The highest BCUT2D eigenvalue weighted by Crippen LogP contribution is 2.25. The summed E-state index contributed by atoms with van der Waals surface area (Å²) in [6, 6.07) is 6.89. The van der Waals surface area contributed by atoms with Gasteiger partial charge in [0.25, 0.3) is 0 Å². The summed E-state index contributed by atoms with van der Waals surface area (Å²) in [6.07, 6.45) is 2.55. The van der Waals surface area contributed by atoms with E-state index in [9.17, 15) is 39.6 Å². The second kappa shape index (κ2) is 7.80. The van der Waals surface area contributed by atoms with Gasteiger partial charge in [-0.1, -0.05) is 0 Å². The van der Waals surface area contributed by atoms with Crippen LogP contribution < -0.4 is 0 Å². The molecule has 1 aromatic heterocycles. The van der Waals surface area contributed by atoms with E-state index in [1.54, 1.807) is 0 Å². The van der Waals surface area contributed by atoms with Crippen LogP contribution in [0.1, 0.15) is 41.4 Å². The number of carboxylic acid groups (broad SMARTS) is 4. The average Bonchev–Trinajstić information content (AvgIpc) is 2.73. The predicted octanol–water partition coefficient (Wildman–Crippen LogP) is 2.60. The number of hydrogen-bond donors (Lipinski definition) is 4. The van der Waals surface area contributed by atoms with Crippen molar-refractivity contribution in [2.24, 2.45) is 0 Å². The minimum Gasteiger partial charge on any atom is -0.478 e. The second-order valence-electron chi connectivity index (χ2n) is 6.11. The van der Waals surface area contributed by atoms with Gasteiger partial charge in [-0.15, -0.1) is 0 Å². The van der Waals surface area contributed by atoms with E-state index in [2.05, 4.69) is 9.97 Å². The molecule has 30 heavy (non-hydrogen) atoms. The fourth-order valence-electron chi connectivity index (χ4n) is 2.69. The zero-order valence-corrected chi connectivity index (χ0v) is 14.9. The lowest BCUT2D eigenvalue weighted by Gasteiger charge is -2.08. The van der Waals surface area contributed by atoms with Gasteiger partial charge in [0, 0.05) is 11.1 Å². The number of carboxylic acids is 4. The highest BCUT2D eigenvalue weighted by atomic mass is 16.4. The molecule has 0 aliphatic rings. The Morgan fingerprint density at radius 1 is 0.533 bits per heavy atom. The van der Waals surface area contributed by atoms with Crippen LogP contribution in [-0.4, -0.2) is 54.3 Å². The van der Waals surface area contributed by atoms with E-state index in [0.29, 0.717) is 0 Å². The topological polar surface area (TPSA) is 175 Å². The molecule has 10 heteroatoms.